The minimum absolute atomic E-state index is 0.626. The molecule has 0 bridgehead atoms. The Morgan fingerprint density at radius 3 is 3.05 bits per heavy atom. The van der Waals surface area contributed by atoms with Crippen LogP contribution in [0, 0.1) is 6.92 Å². The Morgan fingerprint density at radius 2 is 2.37 bits per heavy atom. The predicted octanol–water partition coefficient (Wildman–Crippen LogP) is 1.60. The molecule has 0 saturated heterocycles. The third-order valence-corrected chi connectivity index (χ3v) is 3.75. The first-order valence-electron chi connectivity index (χ1n) is 6.02. The van der Waals surface area contributed by atoms with E-state index in [4.69, 9.17) is 9.15 Å². The Hall–Kier alpha value is -1.31. The Labute approximate surface area is 116 Å². The molecule has 2 aromatic rings. The minimum atomic E-state index is 0.626. The van der Waals surface area contributed by atoms with Gasteiger partial charge in [-0.15, -0.1) is 0 Å². The maximum absolute atomic E-state index is 5.27. The number of oxazole rings is 1. The van der Waals surface area contributed by atoms with Gasteiger partial charge in [-0.05, 0) is 18.7 Å². The van der Waals surface area contributed by atoms with Crippen molar-refractivity contribution in [3.8, 4) is 0 Å². The molecule has 6 nitrogen and oxygen atoms in total. The first kappa shape index (κ1) is 14.1. The third-order valence-electron chi connectivity index (χ3n) is 2.67. The van der Waals surface area contributed by atoms with Gasteiger partial charge in [-0.25, -0.2) is 4.98 Å². The van der Waals surface area contributed by atoms with E-state index in [0.717, 1.165) is 23.8 Å². The summed E-state index contributed by atoms with van der Waals surface area (Å²) in [7, 11) is 3.62. The molecule has 2 rings (SSSR count). The topological polar surface area (TPSA) is 65.1 Å². The number of rotatable bonds is 7. The number of hydrogen-bond acceptors (Lipinski definition) is 6. The lowest BCUT2D eigenvalue weighted by molar-refractivity contribution is 0.199. The first-order valence-corrected chi connectivity index (χ1v) is 6.83. The Morgan fingerprint density at radius 1 is 1.53 bits per heavy atom. The Kier molecular flexibility index (Phi) is 5.00. The highest BCUT2D eigenvalue weighted by Crippen LogP contribution is 2.30. The molecular weight excluding hydrogens is 264 g/mol. The largest absolute Gasteiger partial charge is 0.440 e. The molecule has 2 heterocycles. The Balaban J connectivity index is 2.08. The van der Waals surface area contributed by atoms with Crippen molar-refractivity contribution in [2.24, 2.45) is 7.05 Å². The molecule has 0 spiro atoms. The highest BCUT2D eigenvalue weighted by molar-refractivity contribution is 7.99. The van der Waals surface area contributed by atoms with E-state index < -0.39 is 0 Å². The SMILES string of the molecule is COCCNCc1c(C)nn(C)c1Sc1ncco1. The average Bonchev–Trinajstić information content (AvgIpc) is 2.97. The summed E-state index contributed by atoms with van der Waals surface area (Å²) in [6.07, 6.45) is 3.21. The van der Waals surface area contributed by atoms with Crippen LogP contribution in [-0.4, -0.2) is 35.0 Å². The van der Waals surface area contributed by atoms with Crippen molar-refractivity contribution in [3.05, 3.63) is 23.7 Å². The van der Waals surface area contributed by atoms with E-state index in [2.05, 4.69) is 15.4 Å². The third kappa shape index (κ3) is 3.59. The van der Waals surface area contributed by atoms with Crippen LogP contribution in [0.2, 0.25) is 0 Å². The zero-order valence-corrected chi connectivity index (χ0v) is 12.2. The second kappa shape index (κ2) is 6.74. The van der Waals surface area contributed by atoms with Crippen LogP contribution < -0.4 is 5.32 Å². The molecule has 0 aliphatic carbocycles. The molecule has 0 radical (unpaired) electrons. The molecule has 0 aliphatic rings. The van der Waals surface area contributed by atoms with E-state index in [1.165, 1.54) is 17.3 Å². The number of methoxy groups -OCH3 is 1. The number of hydrogen-bond donors (Lipinski definition) is 1. The zero-order valence-electron chi connectivity index (χ0n) is 11.3. The molecule has 0 unspecified atom stereocenters. The molecule has 2 aromatic heterocycles. The molecule has 19 heavy (non-hydrogen) atoms. The second-order valence-corrected chi connectivity index (χ2v) is 5.00. The van der Waals surface area contributed by atoms with Crippen LogP contribution in [0.5, 0.6) is 0 Å². The predicted molar refractivity (Wildman–Crippen MR) is 72.2 cm³/mol. The second-order valence-electron chi connectivity index (χ2n) is 4.06. The molecule has 0 aromatic carbocycles. The quantitative estimate of drug-likeness (QED) is 0.778. The summed E-state index contributed by atoms with van der Waals surface area (Å²) in [5.74, 6) is 0. The van der Waals surface area contributed by atoms with E-state index in [1.807, 2.05) is 18.7 Å². The number of ether oxygens (including phenoxy) is 1. The summed E-state index contributed by atoms with van der Waals surface area (Å²) in [6, 6.07) is 0. The van der Waals surface area contributed by atoms with Crippen molar-refractivity contribution in [2.75, 3.05) is 20.3 Å². The van der Waals surface area contributed by atoms with Gasteiger partial charge >= 0.3 is 0 Å². The molecule has 0 atom stereocenters. The van der Waals surface area contributed by atoms with Crippen molar-refractivity contribution in [3.63, 3.8) is 0 Å². The van der Waals surface area contributed by atoms with Gasteiger partial charge in [0.25, 0.3) is 5.22 Å². The van der Waals surface area contributed by atoms with Gasteiger partial charge in [-0.1, -0.05) is 0 Å². The van der Waals surface area contributed by atoms with Crippen LogP contribution in [-0.2, 0) is 18.3 Å². The fraction of sp³-hybridized carbons (Fsp3) is 0.500. The van der Waals surface area contributed by atoms with Crippen LogP contribution in [0.4, 0.5) is 0 Å². The summed E-state index contributed by atoms with van der Waals surface area (Å²) in [6.45, 7) is 4.27. The lowest BCUT2D eigenvalue weighted by atomic mass is 10.2. The van der Waals surface area contributed by atoms with Crippen molar-refractivity contribution < 1.29 is 9.15 Å². The summed E-state index contributed by atoms with van der Waals surface area (Å²) in [5.41, 5.74) is 2.18. The van der Waals surface area contributed by atoms with Crippen molar-refractivity contribution >= 4 is 11.8 Å². The molecule has 0 fully saturated rings. The van der Waals surface area contributed by atoms with Gasteiger partial charge in [0.05, 0.1) is 18.5 Å². The smallest absolute Gasteiger partial charge is 0.261 e. The number of nitrogens with zero attached hydrogens (tertiary/aromatic N) is 3. The maximum atomic E-state index is 5.27. The number of nitrogens with one attached hydrogen (secondary N) is 1. The van der Waals surface area contributed by atoms with E-state index in [1.54, 1.807) is 19.6 Å². The number of aromatic nitrogens is 3. The lowest BCUT2D eigenvalue weighted by Crippen LogP contribution is -2.19. The van der Waals surface area contributed by atoms with Gasteiger partial charge in [0.15, 0.2) is 0 Å². The normalized spacial score (nSPS) is 11.1. The van der Waals surface area contributed by atoms with E-state index in [9.17, 15) is 0 Å². The molecule has 0 saturated carbocycles. The van der Waals surface area contributed by atoms with E-state index in [0.29, 0.717) is 11.8 Å². The average molecular weight is 282 g/mol. The van der Waals surface area contributed by atoms with Crippen molar-refractivity contribution in [1.82, 2.24) is 20.1 Å². The summed E-state index contributed by atoms with van der Waals surface area (Å²) in [4.78, 5) is 4.13. The Bertz CT molecular complexity index is 510. The monoisotopic (exact) mass is 282 g/mol. The van der Waals surface area contributed by atoms with E-state index in [-0.39, 0.29) is 0 Å². The molecule has 104 valence electrons. The van der Waals surface area contributed by atoms with Gasteiger partial charge in [0, 0.05) is 32.8 Å². The fourth-order valence-electron chi connectivity index (χ4n) is 1.74. The first-order chi connectivity index (χ1) is 9.22. The zero-order chi connectivity index (χ0) is 13.7. The van der Waals surface area contributed by atoms with Crippen LogP contribution in [0.25, 0.3) is 0 Å². The number of aryl methyl sites for hydroxylation is 2. The van der Waals surface area contributed by atoms with E-state index >= 15 is 0 Å². The van der Waals surface area contributed by atoms with Crippen molar-refractivity contribution in [2.45, 2.75) is 23.7 Å². The molecule has 7 heteroatoms. The maximum Gasteiger partial charge on any atom is 0.261 e. The van der Waals surface area contributed by atoms with Crippen molar-refractivity contribution in [1.29, 1.82) is 0 Å². The lowest BCUT2D eigenvalue weighted by Gasteiger charge is -2.06. The van der Waals surface area contributed by atoms with Gasteiger partial charge in [0.1, 0.15) is 11.3 Å². The van der Waals surface area contributed by atoms with Crippen LogP contribution in [0.15, 0.2) is 27.1 Å². The summed E-state index contributed by atoms with van der Waals surface area (Å²) in [5, 5.41) is 9.45. The molecular formula is C12H18N4O2S. The van der Waals surface area contributed by atoms with Gasteiger partial charge < -0.3 is 14.5 Å². The molecule has 1 N–H and O–H groups in total. The highest BCUT2D eigenvalue weighted by Gasteiger charge is 2.15. The van der Waals surface area contributed by atoms with Crippen LogP contribution >= 0.6 is 11.8 Å². The van der Waals surface area contributed by atoms with Crippen LogP contribution in [0.3, 0.4) is 0 Å². The molecule has 0 aliphatic heterocycles. The summed E-state index contributed by atoms with van der Waals surface area (Å²) >= 11 is 1.48. The van der Waals surface area contributed by atoms with Crippen LogP contribution in [0.1, 0.15) is 11.3 Å². The summed E-state index contributed by atoms with van der Waals surface area (Å²) < 4.78 is 12.1. The standard InChI is InChI=1S/C12H18N4O2S/c1-9-10(8-13-4-6-17-3)11(16(2)15-9)19-12-14-5-7-18-12/h5,7,13H,4,6,8H2,1-3H3. The fourth-order valence-corrected chi connectivity index (χ4v) is 2.64. The van der Waals surface area contributed by atoms with Gasteiger partial charge in [-0.2, -0.15) is 5.10 Å². The van der Waals surface area contributed by atoms with Gasteiger partial charge in [-0.3, -0.25) is 4.68 Å². The minimum Gasteiger partial charge on any atom is -0.440 e. The molecule has 0 amide bonds. The van der Waals surface area contributed by atoms with Gasteiger partial charge in [0.2, 0.25) is 0 Å². The highest BCUT2D eigenvalue weighted by atomic mass is 32.2.